The first-order valence-electron chi connectivity index (χ1n) is 8.22. The minimum absolute atomic E-state index is 0.0477. The van der Waals surface area contributed by atoms with Crippen LogP contribution in [0, 0.1) is 0 Å². The van der Waals surface area contributed by atoms with Gasteiger partial charge in [-0.2, -0.15) is 0 Å². The number of carbonyl (C=O) groups excluding carboxylic acids is 1. The Morgan fingerprint density at radius 2 is 2.32 bits per heavy atom. The highest BCUT2D eigenvalue weighted by molar-refractivity contribution is 8.00. The molecule has 0 aliphatic carbocycles. The van der Waals surface area contributed by atoms with Crippen LogP contribution in [-0.4, -0.2) is 45.2 Å². The number of nitrogens with zero attached hydrogens (tertiary/aromatic N) is 3. The van der Waals surface area contributed by atoms with E-state index in [1.807, 2.05) is 6.92 Å². The van der Waals surface area contributed by atoms with Crippen molar-refractivity contribution < 1.29 is 9.53 Å². The van der Waals surface area contributed by atoms with Gasteiger partial charge in [0.15, 0.2) is 5.16 Å². The van der Waals surface area contributed by atoms with E-state index in [2.05, 4.69) is 20.1 Å². The number of thioether (sulfide) groups is 1. The molecule has 2 aliphatic rings. The SMILES string of the molecule is C[C@H](Sc1nnc2n1CCCCC2)C(=O)NC[C@H]1CCCO1. The van der Waals surface area contributed by atoms with Crippen LogP contribution in [0.3, 0.4) is 0 Å². The van der Waals surface area contributed by atoms with Gasteiger partial charge in [-0.25, -0.2) is 0 Å². The van der Waals surface area contributed by atoms with Gasteiger partial charge in [-0.3, -0.25) is 4.79 Å². The summed E-state index contributed by atoms with van der Waals surface area (Å²) in [6.07, 6.45) is 6.90. The molecule has 1 aromatic rings. The topological polar surface area (TPSA) is 69.0 Å². The van der Waals surface area contributed by atoms with Gasteiger partial charge >= 0.3 is 0 Å². The number of ether oxygens (including phenoxy) is 1. The molecular weight excluding hydrogens is 300 g/mol. The predicted octanol–water partition coefficient (Wildman–Crippen LogP) is 1.78. The molecule has 6 nitrogen and oxygen atoms in total. The summed E-state index contributed by atoms with van der Waals surface area (Å²) in [5, 5.41) is 12.2. The molecule has 7 heteroatoms. The van der Waals surface area contributed by atoms with Crippen molar-refractivity contribution in [1.82, 2.24) is 20.1 Å². The molecule has 1 N–H and O–H groups in total. The zero-order valence-corrected chi connectivity index (χ0v) is 13.9. The van der Waals surface area contributed by atoms with E-state index in [0.717, 1.165) is 49.8 Å². The largest absolute Gasteiger partial charge is 0.376 e. The Kier molecular flexibility index (Phi) is 5.36. The minimum atomic E-state index is -0.169. The third-order valence-corrected chi connectivity index (χ3v) is 5.34. The Morgan fingerprint density at radius 3 is 3.14 bits per heavy atom. The van der Waals surface area contributed by atoms with E-state index >= 15 is 0 Å². The maximum absolute atomic E-state index is 12.2. The molecule has 3 heterocycles. The van der Waals surface area contributed by atoms with E-state index in [-0.39, 0.29) is 17.3 Å². The molecule has 1 amide bonds. The quantitative estimate of drug-likeness (QED) is 0.836. The molecule has 0 saturated carbocycles. The fraction of sp³-hybridized carbons (Fsp3) is 0.800. The number of nitrogens with one attached hydrogen (secondary N) is 1. The fourth-order valence-corrected chi connectivity index (χ4v) is 3.84. The first kappa shape index (κ1) is 15.8. The van der Waals surface area contributed by atoms with Gasteiger partial charge < -0.3 is 14.6 Å². The minimum Gasteiger partial charge on any atom is -0.376 e. The third-order valence-electron chi connectivity index (χ3n) is 4.25. The average molecular weight is 324 g/mol. The van der Waals surface area contributed by atoms with Crippen LogP contribution in [0.2, 0.25) is 0 Å². The number of fused-ring (bicyclic) bond motifs is 1. The van der Waals surface area contributed by atoms with Crippen LogP contribution >= 0.6 is 11.8 Å². The lowest BCUT2D eigenvalue weighted by Gasteiger charge is -2.15. The van der Waals surface area contributed by atoms with Crippen molar-refractivity contribution >= 4 is 17.7 Å². The van der Waals surface area contributed by atoms with Crippen molar-refractivity contribution in [1.29, 1.82) is 0 Å². The Morgan fingerprint density at radius 1 is 1.41 bits per heavy atom. The lowest BCUT2D eigenvalue weighted by Crippen LogP contribution is -2.36. The summed E-state index contributed by atoms with van der Waals surface area (Å²) in [4.78, 5) is 12.2. The molecule has 22 heavy (non-hydrogen) atoms. The van der Waals surface area contributed by atoms with Gasteiger partial charge in [-0.15, -0.1) is 10.2 Å². The van der Waals surface area contributed by atoms with E-state index < -0.39 is 0 Å². The molecule has 122 valence electrons. The first-order valence-corrected chi connectivity index (χ1v) is 9.10. The van der Waals surface area contributed by atoms with Crippen LogP contribution < -0.4 is 5.32 Å². The Hall–Kier alpha value is -1.08. The van der Waals surface area contributed by atoms with E-state index in [1.165, 1.54) is 24.6 Å². The summed E-state index contributed by atoms with van der Waals surface area (Å²) in [5.41, 5.74) is 0. The second kappa shape index (κ2) is 7.46. The van der Waals surface area contributed by atoms with E-state index in [0.29, 0.717) is 6.54 Å². The lowest BCUT2D eigenvalue weighted by atomic mass is 10.2. The van der Waals surface area contributed by atoms with E-state index in [9.17, 15) is 4.79 Å². The van der Waals surface area contributed by atoms with Crippen molar-refractivity contribution in [3.05, 3.63) is 5.82 Å². The summed E-state index contributed by atoms with van der Waals surface area (Å²) in [6.45, 7) is 4.32. The molecule has 2 atom stereocenters. The van der Waals surface area contributed by atoms with Crippen LogP contribution in [0.25, 0.3) is 0 Å². The molecule has 0 spiro atoms. The van der Waals surface area contributed by atoms with Crippen LogP contribution in [0.15, 0.2) is 5.16 Å². The first-order chi connectivity index (χ1) is 10.7. The van der Waals surface area contributed by atoms with Gasteiger partial charge in [-0.1, -0.05) is 18.2 Å². The predicted molar refractivity (Wildman–Crippen MR) is 84.9 cm³/mol. The lowest BCUT2D eigenvalue weighted by molar-refractivity contribution is -0.120. The van der Waals surface area contributed by atoms with Gasteiger partial charge in [0, 0.05) is 26.1 Å². The summed E-state index contributed by atoms with van der Waals surface area (Å²) in [6, 6.07) is 0. The van der Waals surface area contributed by atoms with Crippen LogP contribution in [0.4, 0.5) is 0 Å². The molecule has 3 rings (SSSR count). The van der Waals surface area contributed by atoms with Crippen LogP contribution in [0.1, 0.15) is 44.9 Å². The second-order valence-corrected chi connectivity index (χ2v) is 7.31. The molecule has 1 fully saturated rings. The van der Waals surface area contributed by atoms with Crippen molar-refractivity contribution in [3.8, 4) is 0 Å². The van der Waals surface area contributed by atoms with Crippen LogP contribution in [0.5, 0.6) is 0 Å². The van der Waals surface area contributed by atoms with Gasteiger partial charge in [0.25, 0.3) is 0 Å². The van der Waals surface area contributed by atoms with E-state index in [1.54, 1.807) is 0 Å². The molecule has 2 aliphatic heterocycles. The van der Waals surface area contributed by atoms with Gasteiger partial charge in [0.1, 0.15) is 5.82 Å². The Bertz CT molecular complexity index is 514. The maximum atomic E-state index is 12.2. The fourth-order valence-electron chi connectivity index (χ4n) is 2.92. The summed E-state index contributed by atoms with van der Waals surface area (Å²) < 4.78 is 7.71. The molecule has 0 bridgehead atoms. The highest BCUT2D eigenvalue weighted by Crippen LogP contribution is 2.25. The molecule has 0 unspecified atom stereocenters. The Labute approximate surface area is 135 Å². The molecule has 0 radical (unpaired) electrons. The van der Waals surface area contributed by atoms with Gasteiger partial charge in [0.05, 0.1) is 11.4 Å². The standard InChI is InChI=1S/C15H24N4O2S/c1-11(14(20)16-10-12-6-5-9-21-12)22-15-18-17-13-7-3-2-4-8-19(13)15/h11-12H,2-10H2,1H3,(H,16,20)/t11-,12+/m0/s1. The molecule has 1 saturated heterocycles. The second-order valence-electron chi connectivity index (χ2n) is 6.00. The number of aromatic nitrogens is 3. The number of hydrogen-bond donors (Lipinski definition) is 1. The van der Waals surface area contributed by atoms with Crippen molar-refractivity contribution in [3.63, 3.8) is 0 Å². The molecular formula is C15H24N4O2S. The summed E-state index contributed by atoms with van der Waals surface area (Å²) in [7, 11) is 0. The summed E-state index contributed by atoms with van der Waals surface area (Å²) >= 11 is 1.50. The third kappa shape index (κ3) is 3.81. The molecule has 0 aromatic carbocycles. The molecule has 1 aromatic heterocycles. The average Bonchev–Trinajstić information content (AvgIpc) is 3.10. The summed E-state index contributed by atoms with van der Waals surface area (Å²) in [5.74, 6) is 1.11. The van der Waals surface area contributed by atoms with Crippen LogP contribution in [-0.2, 0) is 22.5 Å². The zero-order valence-electron chi connectivity index (χ0n) is 13.1. The highest BCUT2D eigenvalue weighted by Gasteiger charge is 2.22. The number of hydrogen-bond acceptors (Lipinski definition) is 5. The number of amides is 1. The van der Waals surface area contributed by atoms with Crippen molar-refractivity contribution in [2.24, 2.45) is 0 Å². The van der Waals surface area contributed by atoms with Crippen molar-refractivity contribution in [2.75, 3.05) is 13.2 Å². The monoisotopic (exact) mass is 324 g/mol. The number of aryl methyl sites for hydroxylation is 1. The van der Waals surface area contributed by atoms with Gasteiger partial charge in [0.2, 0.25) is 5.91 Å². The maximum Gasteiger partial charge on any atom is 0.233 e. The highest BCUT2D eigenvalue weighted by atomic mass is 32.2. The normalized spacial score (nSPS) is 22.9. The van der Waals surface area contributed by atoms with Crippen molar-refractivity contribution in [2.45, 2.75) is 68.5 Å². The van der Waals surface area contributed by atoms with Gasteiger partial charge in [-0.05, 0) is 32.6 Å². The number of rotatable bonds is 5. The number of carbonyl (C=O) groups is 1. The Balaban J connectivity index is 1.53. The zero-order chi connectivity index (χ0) is 15.4. The van der Waals surface area contributed by atoms with E-state index in [4.69, 9.17) is 4.74 Å². The smallest absolute Gasteiger partial charge is 0.233 e.